The second-order valence-electron chi connectivity index (χ2n) is 2.20. The topological polar surface area (TPSA) is 26.0 Å². The van der Waals surface area contributed by atoms with E-state index in [1.54, 1.807) is 0 Å². The Hall–Kier alpha value is -1.07. The number of hydrogen-bond donors (Lipinski definition) is 1. The predicted molar refractivity (Wildman–Crippen MR) is 38.5 cm³/mol. The highest BCUT2D eigenvalue weighted by molar-refractivity contribution is 5.40. The molecule has 1 heteroatoms. The molecular formula is C8H10N+. The van der Waals surface area contributed by atoms with E-state index in [4.69, 9.17) is 5.73 Å². The van der Waals surface area contributed by atoms with E-state index in [0.29, 0.717) is 0 Å². The molecule has 9 heavy (non-hydrogen) atoms. The fraction of sp³-hybridized carbons (Fsp3) is 0.250. The molecule has 0 aromatic carbocycles. The second kappa shape index (κ2) is 2.04. The van der Waals surface area contributed by atoms with Crippen molar-refractivity contribution in [1.82, 2.24) is 0 Å². The van der Waals surface area contributed by atoms with Crippen molar-refractivity contribution in [3.8, 4) is 0 Å². The van der Waals surface area contributed by atoms with Crippen molar-refractivity contribution >= 4 is 0 Å². The lowest BCUT2D eigenvalue weighted by atomic mass is 10.1. The van der Waals surface area contributed by atoms with Gasteiger partial charge in [0.15, 0.2) is 0 Å². The first-order chi connectivity index (χ1) is 4.22. The van der Waals surface area contributed by atoms with Crippen LogP contribution in [0.25, 0.3) is 0 Å². The minimum absolute atomic E-state index is 0.859. The third-order valence-corrected chi connectivity index (χ3v) is 1.46. The largest absolute Gasteiger partial charge is 0.346 e. The van der Waals surface area contributed by atoms with Gasteiger partial charge in [-0.25, -0.2) is 0 Å². The van der Waals surface area contributed by atoms with E-state index >= 15 is 0 Å². The van der Waals surface area contributed by atoms with Gasteiger partial charge in [0.1, 0.15) is 17.3 Å². The molecule has 0 saturated heterocycles. The van der Waals surface area contributed by atoms with E-state index in [-0.39, 0.29) is 0 Å². The summed E-state index contributed by atoms with van der Waals surface area (Å²) < 4.78 is 0. The average molecular weight is 120 g/mol. The highest BCUT2D eigenvalue weighted by Crippen LogP contribution is 2.13. The first kappa shape index (κ1) is 6.06. The molecule has 0 amide bonds. The van der Waals surface area contributed by atoms with Crippen molar-refractivity contribution in [2.75, 3.05) is 0 Å². The third-order valence-electron chi connectivity index (χ3n) is 1.46. The molecule has 1 aliphatic rings. The van der Waals surface area contributed by atoms with Crippen LogP contribution in [0.15, 0.2) is 29.0 Å². The summed E-state index contributed by atoms with van der Waals surface area (Å²) in [6, 6.07) is 0. The van der Waals surface area contributed by atoms with Crippen LogP contribution in [0.4, 0.5) is 0 Å². The number of nitrogens with two attached hydrogens (primary N) is 1. The number of hydrogen-bond acceptors (Lipinski definition) is 1. The molecule has 1 nitrogen and oxygen atoms in total. The van der Waals surface area contributed by atoms with Crippen LogP contribution in [0, 0.1) is 6.08 Å². The Morgan fingerprint density at radius 1 is 1.44 bits per heavy atom. The van der Waals surface area contributed by atoms with Crippen molar-refractivity contribution in [2.45, 2.75) is 13.8 Å². The van der Waals surface area contributed by atoms with Crippen molar-refractivity contribution in [1.29, 1.82) is 0 Å². The summed E-state index contributed by atoms with van der Waals surface area (Å²) in [6.45, 7) is 3.96. The highest BCUT2D eigenvalue weighted by atomic mass is 14.6. The van der Waals surface area contributed by atoms with Gasteiger partial charge in [0.2, 0.25) is 0 Å². The van der Waals surface area contributed by atoms with Crippen LogP contribution >= 0.6 is 0 Å². The first-order valence-corrected chi connectivity index (χ1v) is 2.95. The monoisotopic (exact) mass is 120 g/mol. The van der Waals surface area contributed by atoms with Gasteiger partial charge in [-0.15, -0.1) is 0 Å². The normalized spacial score (nSPS) is 17.3. The summed E-state index contributed by atoms with van der Waals surface area (Å²) in [5.41, 5.74) is 8.68. The van der Waals surface area contributed by atoms with Crippen LogP contribution in [-0.4, -0.2) is 0 Å². The molecule has 0 saturated carbocycles. The Morgan fingerprint density at radius 2 is 2.11 bits per heavy atom. The van der Waals surface area contributed by atoms with Gasteiger partial charge in [-0.3, -0.25) is 0 Å². The van der Waals surface area contributed by atoms with E-state index in [9.17, 15) is 0 Å². The summed E-state index contributed by atoms with van der Waals surface area (Å²) in [4.78, 5) is 0. The van der Waals surface area contributed by atoms with Crippen LogP contribution in [0.2, 0.25) is 0 Å². The Morgan fingerprint density at radius 3 is 2.56 bits per heavy atom. The summed E-state index contributed by atoms with van der Waals surface area (Å²) >= 11 is 0. The van der Waals surface area contributed by atoms with Crippen molar-refractivity contribution in [3.05, 3.63) is 35.1 Å². The zero-order valence-corrected chi connectivity index (χ0v) is 5.73. The summed E-state index contributed by atoms with van der Waals surface area (Å²) in [6.07, 6.45) is 6.87. The van der Waals surface area contributed by atoms with Gasteiger partial charge in [-0.05, 0) is 13.8 Å². The minimum Gasteiger partial charge on any atom is -0.346 e. The van der Waals surface area contributed by atoms with Gasteiger partial charge in [-0.2, -0.15) is 0 Å². The summed E-state index contributed by atoms with van der Waals surface area (Å²) in [7, 11) is 0. The molecule has 0 radical (unpaired) electrons. The van der Waals surface area contributed by atoms with Crippen LogP contribution in [0.3, 0.4) is 0 Å². The molecule has 0 bridgehead atoms. The maximum absolute atomic E-state index is 5.65. The molecule has 0 spiro atoms. The fourth-order valence-electron chi connectivity index (χ4n) is 0.755. The quantitative estimate of drug-likeness (QED) is 0.482. The summed E-state index contributed by atoms with van der Waals surface area (Å²) in [5, 5.41) is 0. The maximum Gasteiger partial charge on any atom is 0.149 e. The van der Waals surface area contributed by atoms with E-state index < -0.39 is 0 Å². The van der Waals surface area contributed by atoms with Crippen molar-refractivity contribution in [3.63, 3.8) is 0 Å². The molecule has 0 aromatic heterocycles. The molecule has 0 heterocycles. The zero-order chi connectivity index (χ0) is 6.85. The van der Waals surface area contributed by atoms with E-state index in [0.717, 1.165) is 16.8 Å². The SMILES string of the molecule is CC1=[C+]C=CC(C)=C1N. The molecule has 0 unspecified atom stereocenters. The molecule has 0 aliphatic heterocycles. The first-order valence-electron chi connectivity index (χ1n) is 2.95. The number of rotatable bonds is 0. The van der Waals surface area contributed by atoms with Gasteiger partial charge in [0, 0.05) is 6.08 Å². The van der Waals surface area contributed by atoms with E-state index in [1.165, 1.54) is 0 Å². The Bertz CT molecular complexity index is 207. The molecular weight excluding hydrogens is 110 g/mol. The Balaban J connectivity index is 3.06. The highest BCUT2D eigenvalue weighted by Gasteiger charge is 2.10. The Kier molecular flexibility index (Phi) is 1.37. The average Bonchev–Trinajstić information content (AvgIpc) is 1.83. The lowest BCUT2D eigenvalue weighted by Crippen LogP contribution is -2.03. The van der Waals surface area contributed by atoms with Gasteiger partial charge in [-0.1, -0.05) is 0 Å². The van der Waals surface area contributed by atoms with Gasteiger partial charge >= 0.3 is 0 Å². The van der Waals surface area contributed by atoms with Gasteiger partial charge in [0.05, 0.1) is 11.6 Å². The van der Waals surface area contributed by atoms with Gasteiger partial charge in [0.25, 0.3) is 0 Å². The molecule has 0 fully saturated rings. The maximum atomic E-state index is 5.65. The molecule has 1 aliphatic carbocycles. The predicted octanol–water partition coefficient (Wildman–Crippen LogP) is 1.54. The summed E-state index contributed by atoms with van der Waals surface area (Å²) in [5.74, 6) is 0. The zero-order valence-electron chi connectivity index (χ0n) is 5.73. The van der Waals surface area contributed by atoms with E-state index in [2.05, 4.69) is 6.08 Å². The lowest BCUT2D eigenvalue weighted by molar-refractivity contribution is 1.20. The lowest BCUT2D eigenvalue weighted by Gasteiger charge is -1.95. The fourth-order valence-corrected chi connectivity index (χ4v) is 0.755. The standard InChI is InChI=1S/C8H10N/c1-6-4-3-5-7(2)8(6)9/h3-4H,9H2,1-2H3/q+1. The van der Waals surface area contributed by atoms with Gasteiger partial charge < -0.3 is 5.73 Å². The smallest absolute Gasteiger partial charge is 0.149 e. The molecule has 46 valence electrons. The van der Waals surface area contributed by atoms with Crippen LogP contribution in [0.1, 0.15) is 13.8 Å². The van der Waals surface area contributed by atoms with E-state index in [1.807, 2.05) is 26.0 Å². The van der Waals surface area contributed by atoms with Crippen LogP contribution in [-0.2, 0) is 0 Å². The molecule has 1 rings (SSSR count). The molecule has 2 N–H and O–H groups in total. The third kappa shape index (κ3) is 1.01. The van der Waals surface area contributed by atoms with Crippen LogP contribution < -0.4 is 5.73 Å². The van der Waals surface area contributed by atoms with Crippen molar-refractivity contribution < 1.29 is 0 Å². The molecule has 0 atom stereocenters. The van der Waals surface area contributed by atoms with Crippen LogP contribution in [0.5, 0.6) is 0 Å². The Labute approximate surface area is 55.6 Å². The molecule has 0 aromatic rings. The van der Waals surface area contributed by atoms with Crippen molar-refractivity contribution in [2.24, 2.45) is 5.73 Å². The second-order valence-corrected chi connectivity index (χ2v) is 2.20. The minimum atomic E-state index is 0.859. The number of allylic oxidation sites excluding steroid dienone is 5.